The van der Waals surface area contributed by atoms with Crippen molar-refractivity contribution in [3.63, 3.8) is 0 Å². The van der Waals surface area contributed by atoms with Crippen LogP contribution < -0.4 is 5.32 Å². The van der Waals surface area contributed by atoms with Crippen molar-refractivity contribution in [3.05, 3.63) is 68.4 Å². The molecule has 0 aliphatic rings. The molecule has 0 radical (unpaired) electrons. The monoisotopic (exact) mass is 385 g/mol. The second-order valence-corrected chi connectivity index (χ2v) is 6.08. The minimum Gasteiger partial charge on any atom is -0.306 e. The van der Waals surface area contributed by atoms with Crippen LogP contribution in [0.25, 0.3) is 0 Å². The highest BCUT2D eigenvalue weighted by atomic mass is 79.9. The molecule has 0 heterocycles. The first kappa shape index (κ1) is 14.7. The molecule has 2 rings (SSSR count). The van der Waals surface area contributed by atoms with Crippen molar-refractivity contribution >= 4 is 31.9 Å². The van der Waals surface area contributed by atoms with E-state index in [0.717, 1.165) is 10.0 Å². The van der Waals surface area contributed by atoms with Gasteiger partial charge in [0.1, 0.15) is 5.82 Å². The van der Waals surface area contributed by atoms with E-state index in [4.69, 9.17) is 0 Å². The van der Waals surface area contributed by atoms with Gasteiger partial charge in [0, 0.05) is 17.1 Å². The molecule has 0 aromatic heterocycles. The molecule has 0 saturated heterocycles. The standard InChI is InChI=1S/C15H14Br2FN/c1-10(12-4-2-3-5-13(12)16)19-9-11-6-7-14(17)15(18)8-11/h2-8,10,19H,9H2,1H3. The third kappa shape index (κ3) is 3.88. The third-order valence-corrected chi connectivity index (χ3v) is 4.33. The van der Waals surface area contributed by atoms with Crippen LogP contribution >= 0.6 is 31.9 Å². The van der Waals surface area contributed by atoms with Crippen LogP contribution in [0, 0.1) is 5.82 Å². The van der Waals surface area contributed by atoms with Gasteiger partial charge in [-0.2, -0.15) is 0 Å². The van der Waals surface area contributed by atoms with Gasteiger partial charge >= 0.3 is 0 Å². The zero-order chi connectivity index (χ0) is 13.8. The van der Waals surface area contributed by atoms with Crippen molar-refractivity contribution in [2.24, 2.45) is 0 Å². The third-order valence-electron chi connectivity index (χ3n) is 2.97. The maximum Gasteiger partial charge on any atom is 0.137 e. The first-order valence-corrected chi connectivity index (χ1v) is 7.58. The number of benzene rings is 2. The lowest BCUT2D eigenvalue weighted by Gasteiger charge is -2.16. The van der Waals surface area contributed by atoms with E-state index in [1.54, 1.807) is 12.1 Å². The lowest BCUT2D eigenvalue weighted by atomic mass is 10.1. The van der Waals surface area contributed by atoms with Gasteiger partial charge in [-0.25, -0.2) is 4.39 Å². The predicted octanol–water partition coefficient (Wildman–Crippen LogP) is 5.20. The minimum atomic E-state index is -0.229. The van der Waals surface area contributed by atoms with Gasteiger partial charge in [-0.1, -0.05) is 40.2 Å². The lowest BCUT2D eigenvalue weighted by Crippen LogP contribution is -2.18. The Kier molecular flexibility index (Phi) is 5.13. The van der Waals surface area contributed by atoms with Crippen LogP contribution in [0.1, 0.15) is 24.1 Å². The summed E-state index contributed by atoms with van der Waals surface area (Å²) in [6.07, 6.45) is 0. The highest BCUT2D eigenvalue weighted by Gasteiger charge is 2.08. The van der Waals surface area contributed by atoms with E-state index < -0.39 is 0 Å². The van der Waals surface area contributed by atoms with Crippen molar-refractivity contribution in [2.75, 3.05) is 0 Å². The number of hydrogen-bond donors (Lipinski definition) is 1. The van der Waals surface area contributed by atoms with Crippen molar-refractivity contribution < 1.29 is 4.39 Å². The van der Waals surface area contributed by atoms with E-state index in [1.165, 1.54) is 5.56 Å². The molecule has 0 spiro atoms. The second-order valence-electron chi connectivity index (χ2n) is 4.37. The summed E-state index contributed by atoms with van der Waals surface area (Å²) < 4.78 is 15.0. The minimum absolute atomic E-state index is 0.197. The number of halogens is 3. The molecule has 0 fully saturated rings. The molecule has 1 nitrogen and oxygen atoms in total. The van der Waals surface area contributed by atoms with Crippen LogP contribution in [0.15, 0.2) is 51.4 Å². The molecule has 19 heavy (non-hydrogen) atoms. The van der Waals surface area contributed by atoms with Crippen LogP contribution in [-0.2, 0) is 6.54 Å². The Morgan fingerprint density at radius 2 is 1.84 bits per heavy atom. The van der Waals surface area contributed by atoms with E-state index in [0.29, 0.717) is 11.0 Å². The molecule has 2 aromatic rings. The molecule has 2 aromatic carbocycles. The fourth-order valence-corrected chi connectivity index (χ4v) is 2.73. The van der Waals surface area contributed by atoms with E-state index in [2.05, 4.69) is 50.2 Å². The smallest absolute Gasteiger partial charge is 0.137 e. The molecular formula is C15H14Br2FN. The predicted molar refractivity (Wildman–Crippen MR) is 83.5 cm³/mol. The van der Waals surface area contributed by atoms with E-state index in [-0.39, 0.29) is 11.9 Å². The Morgan fingerprint density at radius 1 is 1.11 bits per heavy atom. The molecule has 0 aliphatic carbocycles. The average Bonchev–Trinajstić information content (AvgIpc) is 2.40. The molecular weight excluding hydrogens is 373 g/mol. The van der Waals surface area contributed by atoms with Gasteiger partial charge in [0.25, 0.3) is 0 Å². The van der Waals surface area contributed by atoms with Crippen molar-refractivity contribution in [1.82, 2.24) is 5.32 Å². The summed E-state index contributed by atoms with van der Waals surface area (Å²) in [7, 11) is 0. The van der Waals surface area contributed by atoms with Gasteiger partial charge in [-0.15, -0.1) is 0 Å². The van der Waals surface area contributed by atoms with E-state index in [1.807, 2.05) is 24.3 Å². The topological polar surface area (TPSA) is 12.0 Å². The van der Waals surface area contributed by atoms with E-state index >= 15 is 0 Å². The maximum absolute atomic E-state index is 13.4. The fourth-order valence-electron chi connectivity index (χ4n) is 1.86. The molecule has 0 amide bonds. The Morgan fingerprint density at radius 3 is 2.53 bits per heavy atom. The Hall–Kier alpha value is -0.710. The van der Waals surface area contributed by atoms with Crippen LogP contribution in [0.5, 0.6) is 0 Å². The summed E-state index contributed by atoms with van der Waals surface area (Å²) in [6, 6.07) is 13.5. The largest absolute Gasteiger partial charge is 0.306 e. The molecule has 4 heteroatoms. The van der Waals surface area contributed by atoms with Crippen LogP contribution in [0.2, 0.25) is 0 Å². The van der Waals surface area contributed by atoms with Gasteiger partial charge < -0.3 is 5.32 Å². The van der Waals surface area contributed by atoms with Gasteiger partial charge in [-0.3, -0.25) is 0 Å². The summed E-state index contributed by atoms with van der Waals surface area (Å²) in [5.41, 5.74) is 2.12. The summed E-state index contributed by atoms with van der Waals surface area (Å²) in [6.45, 7) is 2.72. The fraction of sp³-hybridized carbons (Fsp3) is 0.200. The van der Waals surface area contributed by atoms with Crippen LogP contribution in [-0.4, -0.2) is 0 Å². The molecule has 0 aliphatic heterocycles. The first-order valence-electron chi connectivity index (χ1n) is 5.99. The van der Waals surface area contributed by atoms with Gasteiger partial charge in [-0.05, 0) is 52.2 Å². The summed E-state index contributed by atoms with van der Waals surface area (Å²) in [4.78, 5) is 0. The highest BCUT2D eigenvalue weighted by Crippen LogP contribution is 2.23. The van der Waals surface area contributed by atoms with Crippen molar-refractivity contribution in [3.8, 4) is 0 Å². The average molecular weight is 387 g/mol. The molecule has 0 saturated carbocycles. The molecule has 1 N–H and O–H groups in total. The van der Waals surface area contributed by atoms with Crippen molar-refractivity contribution in [1.29, 1.82) is 0 Å². The molecule has 0 bridgehead atoms. The van der Waals surface area contributed by atoms with Gasteiger partial charge in [0.2, 0.25) is 0 Å². The van der Waals surface area contributed by atoms with Crippen molar-refractivity contribution in [2.45, 2.75) is 19.5 Å². The summed E-state index contributed by atoms with van der Waals surface area (Å²) >= 11 is 6.69. The van der Waals surface area contributed by atoms with E-state index in [9.17, 15) is 4.39 Å². The molecule has 1 atom stereocenters. The van der Waals surface area contributed by atoms with Gasteiger partial charge in [0.15, 0.2) is 0 Å². The molecule has 100 valence electrons. The lowest BCUT2D eigenvalue weighted by molar-refractivity contribution is 0.567. The number of nitrogens with one attached hydrogen (secondary N) is 1. The summed E-state index contributed by atoms with van der Waals surface area (Å²) in [5, 5.41) is 3.39. The first-order chi connectivity index (χ1) is 9.08. The zero-order valence-electron chi connectivity index (χ0n) is 10.5. The number of rotatable bonds is 4. The Labute approximate surface area is 129 Å². The zero-order valence-corrected chi connectivity index (χ0v) is 13.6. The van der Waals surface area contributed by atoms with Crippen LogP contribution in [0.3, 0.4) is 0 Å². The molecule has 1 unspecified atom stereocenters. The van der Waals surface area contributed by atoms with Gasteiger partial charge in [0.05, 0.1) is 4.47 Å². The summed E-state index contributed by atoms with van der Waals surface area (Å²) in [5.74, 6) is -0.229. The van der Waals surface area contributed by atoms with Crippen LogP contribution in [0.4, 0.5) is 4.39 Å². The second kappa shape index (κ2) is 6.64. The Bertz CT molecular complexity index is 572. The maximum atomic E-state index is 13.4. The quantitative estimate of drug-likeness (QED) is 0.761. The highest BCUT2D eigenvalue weighted by molar-refractivity contribution is 9.10. The number of hydrogen-bond acceptors (Lipinski definition) is 1. The SMILES string of the molecule is CC(NCc1ccc(Br)c(F)c1)c1ccccc1Br. The Balaban J connectivity index is 2.02. The normalized spacial score (nSPS) is 12.4.